The lowest BCUT2D eigenvalue weighted by molar-refractivity contribution is 0.00578. The van der Waals surface area contributed by atoms with E-state index in [1.165, 1.54) is 6.92 Å². The summed E-state index contributed by atoms with van der Waals surface area (Å²) in [5.74, 6) is 0. The van der Waals surface area contributed by atoms with Crippen LogP contribution in [0.3, 0.4) is 0 Å². The van der Waals surface area contributed by atoms with E-state index in [-0.39, 0.29) is 0 Å². The van der Waals surface area contributed by atoms with E-state index in [9.17, 15) is 4.39 Å². The molecule has 1 aliphatic rings. The second kappa shape index (κ2) is 4.76. The highest BCUT2D eigenvalue weighted by Crippen LogP contribution is 2.36. The van der Waals surface area contributed by atoms with Crippen LogP contribution in [0.5, 0.6) is 0 Å². The average Bonchev–Trinajstić information content (AvgIpc) is 2.48. The molecule has 1 atom stereocenters. The van der Waals surface area contributed by atoms with Crippen molar-refractivity contribution in [2.75, 3.05) is 0 Å². The second-order valence-corrected chi connectivity index (χ2v) is 6.39. The van der Waals surface area contributed by atoms with Gasteiger partial charge in [-0.3, -0.25) is 0 Å². The molecule has 1 saturated heterocycles. The average molecular weight is 285 g/mol. The molecule has 1 aromatic carbocycles. The van der Waals surface area contributed by atoms with E-state index in [1.807, 2.05) is 33.8 Å². The topological polar surface area (TPSA) is 18.5 Å². The van der Waals surface area contributed by atoms with Gasteiger partial charge in [0.1, 0.15) is 6.17 Å². The molecule has 104 valence electrons. The van der Waals surface area contributed by atoms with Crippen LogP contribution in [0.1, 0.15) is 46.4 Å². The first-order valence-electron chi connectivity index (χ1n) is 6.43. The fourth-order valence-corrected chi connectivity index (χ4v) is 2.26. The summed E-state index contributed by atoms with van der Waals surface area (Å²) in [6.45, 7) is 9.42. The van der Waals surface area contributed by atoms with Gasteiger partial charge in [0.05, 0.1) is 11.2 Å². The number of benzene rings is 1. The Morgan fingerprint density at radius 2 is 1.68 bits per heavy atom. The number of rotatable bonds is 2. The molecule has 0 N–H and O–H groups in total. The SMILES string of the molecule is C[C@H](F)c1cc(B2OC(C)(C)C(C)(C)O2)ccc1Cl. The molecule has 1 aromatic rings. The predicted molar refractivity (Wildman–Crippen MR) is 76.7 cm³/mol. The van der Waals surface area contributed by atoms with Gasteiger partial charge in [0.2, 0.25) is 0 Å². The van der Waals surface area contributed by atoms with Crippen molar-refractivity contribution < 1.29 is 13.7 Å². The van der Waals surface area contributed by atoms with Gasteiger partial charge in [-0.2, -0.15) is 0 Å². The van der Waals surface area contributed by atoms with E-state index in [1.54, 1.807) is 12.1 Å². The molecule has 0 amide bonds. The van der Waals surface area contributed by atoms with Gasteiger partial charge < -0.3 is 9.31 Å². The third-order valence-corrected chi connectivity index (χ3v) is 4.32. The Morgan fingerprint density at radius 3 is 2.16 bits per heavy atom. The van der Waals surface area contributed by atoms with Crippen LogP contribution in [0.2, 0.25) is 5.02 Å². The molecule has 0 saturated carbocycles. The summed E-state index contributed by atoms with van der Waals surface area (Å²) in [7, 11) is -0.486. The zero-order valence-electron chi connectivity index (χ0n) is 12.0. The zero-order valence-corrected chi connectivity index (χ0v) is 12.7. The van der Waals surface area contributed by atoms with Crippen LogP contribution in [0.15, 0.2) is 18.2 Å². The minimum atomic E-state index is -1.12. The maximum Gasteiger partial charge on any atom is 0.494 e. The largest absolute Gasteiger partial charge is 0.494 e. The van der Waals surface area contributed by atoms with Crippen molar-refractivity contribution in [2.45, 2.75) is 52.0 Å². The summed E-state index contributed by atoms with van der Waals surface area (Å²) in [4.78, 5) is 0. The van der Waals surface area contributed by atoms with Crippen LogP contribution in [0.25, 0.3) is 0 Å². The Labute approximate surface area is 119 Å². The maximum absolute atomic E-state index is 13.5. The first-order valence-corrected chi connectivity index (χ1v) is 6.81. The van der Waals surface area contributed by atoms with Gasteiger partial charge in [0.25, 0.3) is 0 Å². The lowest BCUT2D eigenvalue weighted by atomic mass is 9.78. The van der Waals surface area contributed by atoms with E-state index >= 15 is 0 Å². The van der Waals surface area contributed by atoms with Crippen molar-refractivity contribution in [3.63, 3.8) is 0 Å². The van der Waals surface area contributed by atoms with Gasteiger partial charge in [0, 0.05) is 10.6 Å². The fourth-order valence-electron chi connectivity index (χ4n) is 1.99. The standard InChI is InChI=1S/C14H19BClFO2/c1-9(17)11-8-10(6-7-12(11)16)15-18-13(2,3)14(4,5)19-15/h6-9H,1-5H3/t9-/m0/s1. The summed E-state index contributed by atoms with van der Waals surface area (Å²) in [6.07, 6.45) is -1.12. The van der Waals surface area contributed by atoms with E-state index in [2.05, 4.69) is 0 Å². The van der Waals surface area contributed by atoms with Crippen molar-refractivity contribution in [2.24, 2.45) is 0 Å². The van der Waals surface area contributed by atoms with Gasteiger partial charge in [-0.25, -0.2) is 4.39 Å². The number of alkyl halides is 1. The second-order valence-electron chi connectivity index (χ2n) is 5.99. The zero-order chi connectivity index (χ0) is 14.4. The Bertz CT molecular complexity index is 472. The summed E-state index contributed by atoms with van der Waals surface area (Å²) in [5, 5.41) is 0.426. The molecule has 0 spiro atoms. The number of hydrogen-bond acceptors (Lipinski definition) is 2. The van der Waals surface area contributed by atoms with Gasteiger partial charge in [0.15, 0.2) is 0 Å². The molecule has 0 aromatic heterocycles. The molecular weight excluding hydrogens is 265 g/mol. The normalized spacial score (nSPS) is 22.6. The van der Waals surface area contributed by atoms with Gasteiger partial charge in [-0.05, 0) is 46.1 Å². The van der Waals surface area contributed by atoms with Crippen molar-refractivity contribution >= 4 is 24.2 Å². The fraction of sp³-hybridized carbons (Fsp3) is 0.571. The molecule has 2 nitrogen and oxygen atoms in total. The number of halogens is 2. The molecule has 2 rings (SSSR count). The van der Waals surface area contributed by atoms with Crippen LogP contribution >= 0.6 is 11.6 Å². The van der Waals surface area contributed by atoms with Crippen LogP contribution < -0.4 is 5.46 Å². The highest BCUT2D eigenvalue weighted by atomic mass is 35.5. The molecule has 19 heavy (non-hydrogen) atoms. The highest BCUT2D eigenvalue weighted by molar-refractivity contribution is 6.62. The summed E-state index contributed by atoms with van der Waals surface area (Å²) < 4.78 is 25.4. The lowest BCUT2D eigenvalue weighted by Crippen LogP contribution is -2.41. The molecule has 0 radical (unpaired) electrons. The minimum absolute atomic E-state index is 0.404. The quantitative estimate of drug-likeness (QED) is 0.772. The predicted octanol–water partition coefficient (Wildman–Crippen LogP) is 3.67. The van der Waals surface area contributed by atoms with E-state index in [0.29, 0.717) is 10.6 Å². The molecule has 1 heterocycles. The van der Waals surface area contributed by atoms with Crippen molar-refractivity contribution in [3.05, 3.63) is 28.8 Å². The van der Waals surface area contributed by atoms with Gasteiger partial charge in [-0.1, -0.05) is 23.7 Å². The van der Waals surface area contributed by atoms with Crippen molar-refractivity contribution in [1.82, 2.24) is 0 Å². The molecule has 1 aliphatic heterocycles. The summed E-state index contributed by atoms with van der Waals surface area (Å²) in [6, 6.07) is 5.22. The molecule has 1 fully saturated rings. The van der Waals surface area contributed by atoms with Crippen LogP contribution in [0.4, 0.5) is 4.39 Å². The van der Waals surface area contributed by atoms with E-state index in [4.69, 9.17) is 20.9 Å². The Hall–Kier alpha value is -0.575. The van der Waals surface area contributed by atoms with Gasteiger partial charge >= 0.3 is 7.12 Å². The van der Waals surface area contributed by atoms with Crippen LogP contribution in [0, 0.1) is 0 Å². The van der Waals surface area contributed by atoms with Gasteiger partial charge in [-0.15, -0.1) is 0 Å². The van der Waals surface area contributed by atoms with Crippen LogP contribution in [-0.2, 0) is 9.31 Å². The Balaban J connectivity index is 2.32. The Kier molecular flexibility index (Phi) is 3.71. The summed E-state index contributed by atoms with van der Waals surface area (Å²) in [5.41, 5.74) is 0.453. The van der Waals surface area contributed by atoms with Crippen molar-refractivity contribution in [3.8, 4) is 0 Å². The van der Waals surface area contributed by atoms with E-state index < -0.39 is 24.5 Å². The molecule has 0 unspecified atom stereocenters. The monoisotopic (exact) mass is 284 g/mol. The first-order chi connectivity index (χ1) is 8.64. The highest BCUT2D eigenvalue weighted by Gasteiger charge is 2.51. The lowest BCUT2D eigenvalue weighted by Gasteiger charge is -2.32. The molecular formula is C14H19BClFO2. The molecule has 5 heteroatoms. The Morgan fingerprint density at radius 1 is 1.16 bits per heavy atom. The van der Waals surface area contributed by atoms with Crippen molar-refractivity contribution in [1.29, 1.82) is 0 Å². The molecule has 0 bridgehead atoms. The summed E-state index contributed by atoms with van der Waals surface area (Å²) >= 11 is 5.99. The third-order valence-electron chi connectivity index (χ3n) is 3.97. The smallest absolute Gasteiger partial charge is 0.399 e. The third kappa shape index (κ3) is 2.67. The number of hydrogen-bond donors (Lipinski definition) is 0. The molecule has 0 aliphatic carbocycles. The van der Waals surface area contributed by atoms with Crippen LogP contribution in [-0.4, -0.2) is 18.3 Å². The van der Waals surface area contributed by atoms with E-state index in [0.717, 1.165) is 5.46 Å². The maximum atomic E-state index is 13.5. The minimum Gasteiger partial charge on any atom is -0.399 e. The first kappa shape index (κ1) is 14.8.